The Balaban J connectivity index is 2.58. The predicted octanol–water partition coefficient (Wildman–Crippen LogP) is 2.59. The molecule has 0 aliphatic carbocycles. The van der Waals surface area contributed by atoms with E-state index in [0.717, 1.165) is 42.1 Å². The number of sulfonamides is 1. The fourth-order valence-corrected chi connectivity index (χ4v) is 4.85. The van der Waals surface area contributed by atoms with Crippen molar-refractivity contribution in [2.75, 3.05) is 25.1 Å². The minimum absolute atomic E-state index is 0.424. The molecule has 2 N–H and O–H groups in total. The van der Waals surface area contributed by atoms with Crippen molar-refractivity contribution in [2.24, 2.45) is 0 Å². The number of thiophene rings is 1. The topological polar surface area (TPSA) is 58.2 Å². The van der Waals surface area contributed by atoms with Crippen molar-refractivity contribution in [1.29, 1.82) is 0 Å². The summed E-state index contributed by atoms with van der Waals surface area (Å²) in [6, 6.07) is 1.77. The van der Waals surface area contributed by atoms with Crippen molar-refractivity contribution < 1.29 is 8.42 Å². The minimum atomic E-state index is -3.34. The van der Waals surface area contributed by atoms with Gasteiger partial charge in [0.25, 0.3) is 0 Å². The van der Waals surface area contributed by atoms with E-state index < -0.39 is 10.0 Å². The lowest BCUT2D eigenvalue weighted by Crippen LogP contribution is -2.24. The monoisotopic (exact) mass is 336 g/mol. The molecular weight excluding hydrogens is 312 g/mol. The second-order valence-electron chi connectivity index (χ2n) is 4.55. The van der Waals surface area contributed by atoms with Gasteiger partial charge in [0.1, 0.15) is 4.21 Å². The Morgan fingerprint density at radius 1 is 1.35 bits per heavy atom. The normalized spacial score (nSPS) is 11.9. The van der Waals surface area contributed by atoms with Gasteiger partial charge in [-0.25, -0.2) is 13.1 Å². The fraction of sp³-hybridized carbons (Fsp3) is 0.692. The van der Waals surface area contributed by atoms with Gasteiger partial charge in [-0.3, -0.25) is 0 Å². The van der Waals surface area contributed by atoms with E-state index in [2.05, 4.69) is 16.3 Å². The van der Waals surface area contributed by atoms with Crippen LogP contribution in [0.25, 0.3) is 0 Å². The van der Waals surface area contributed by atoms with Crippen molar-refractivity contribution in [2.45, 2.75) is 37.4 Å². The van der Waals surface area contributed by atoms with Crippen LogP contribution < -0.4 is 10.0 Å². The lowest BCUT2D eigenvalue weighted by molar-refractivity contribution is 0.580. The van der Waals surface area contributed by atoms with Crippen LogP contribution in [-0.2, 0) is 16.6 Å². The van der Waals surface area contributed by atoms with Crippen molar-refractivity contribution in [3.63, 3.8) is 0 Å². The van der Waals surface area contributed by atoms with Gasteiger partial charge in [-0.1, -0.05) is 6.92 Å². The first-order valence-electron chi connectivity index (χ1n) is 6.80. The molecule has 0 aliphatic heterocycles. The van der Waals surface area contributed by atoms with Gasteiger partial charge in [-0.05, 0) is 49.9 Å². The molecule has 0 unspecified atom stereocenters. The lowest BCUT2D eigenvalue weighted by Gasteiger charge is -2.04. The molecule has 1 aromatic rings. The van der Waals surface area contributed by atoms with Crippen molar-refractivity contribution >= 4 is 33.1 Å². The van der Waals surface area contributed by atoms with Crippen LogP contribution in [0, 0.1) is 6.92 Å². The molecule has 0 amide bonds. The first kappa shape index (κ1) is 18.0. The summed E-state index contributed by atoms with van der Waals surface area (Å²) in [5.74, 6) is 1.08. The standard InChI is InChI=1S/C13H24N2O2S3/c1-4-14-10-12-11(2)9-13(19-12)20(16,17)15-7-5-6-8-18-3/h9,14-15H,4-8,10H2,1-3H3. The maximum absolute atomic E-state index is 12.2. The highest BCUT2D eigenvalue weighted by atomic mass is 32.2. The number of rotatable bonds is 10. The van der Waals surface area contributed by atoms with Crippen LogP contribution in [0.2, 0.25) is 0 Å². The molecule has 0 saturated carbocycles. The summed E-state index contributed by atoms with van der Waals surface area (Å²) in [5.41, 5.74) is 1.04. The molecular formula is C13H24N2O2S3. The number of hydrogen-bond acceptors (Lipinski definition) is 5. The summed E-state index contributed by atoms with van der Waals surface area (Å²) in [7, 11) is -3.34. The van der Waals surface area contributed by atoms with E-state index in [1.807, 2.05) is 13.8 Å². The maximum atomic E-state index is 12.2. The molecule has 1 rings (SSSR count). The molecule has 0 bridgehead atoms. The molecule has 7 heteroatoms. The Morgan fingerprint density at radius 2 is 2.10 bits per heavy atom. The zero-order chi connectivity index (χ0) is 15.0. The SMILES string of the molecule is CCNCc1sc(S(=O)(=O)NCCCCSC)cc1C. The predicted molar refractivity (Wildman–Crippen MR) is 89.2 cm³/mol. The summed E-state index contributed by atoms with van der Waals surface area (Å²) >= 11 is 3.14. The van der Waals surface area contributed by atoms with Crippen molar-refractivity contribution in [3.8, 4) is 0 Å². The molecule has 0 atom stereocenters. The molecule has 0 radical (unpaired) electrons. The third-order valence-electron chi connectivity index (χ3n) is 2.87. The minimum Gasteiger partial charge on any atom is -0.312 e. The Kier molecular flexibility index (Phi) is 8.13. The number of nitrogens with one attached hydrogen (secondary N) is 2. The van der Waals surface area contributed by atoms with Crippen LogP contribution in [0.15, 0.2) is 10.3 Å². The Hall–Kier alpha value is -0.0800. The highest BCUT2D eigenvalue weighted by Gasteiger charge is 2.18. The Labute approximate surface area is 130 Å². The first-order valence-corrected chi connectivity index (χ1v) is 10.5. The third-order valence-corrected chi connectivity index (χ3v) is 6.73. The second kappa shape index (κ2) is 9.04. The molecule has 116 valence electrons. The van der Waals surface area contributed by atoms with Crippen LogP contribution in [-0.4, -0.2) is 33.5 Å². The summed E-state index contributed by atoms with van der Waals surface area (Å²) in [6.45, 7) is 6.13. The molecule has 0 fully saturated rings. The molecule has 1 heterocycles. The van der Waals surface area contributed by atoms with E-state index >= 15 is 0 Å². The summed E-state index contributed by atoms with van der Waals surface area (Å²) in [5, 5.41) is 3.23. The van der Waals surface area contributed by atoms with Crippen LogP contribution in [0.5, 0.6) is 0 Å². The fourth-order valence-electron chi connectivity index (χ4n) is 1.68. The van der Waals surface area contributed by atoms with Gasteiger partial charge in [-0.2, -0.15) is 11.8 Å². The number of thioether (sulfide) groups is 1. The molecule has 0 aliphatic rings. The van der Waals surface area contributed by atoms with Gasteiger partial charge in [0.2, 0.25) is 10.0 Å². The van der Waals surface area contributed by atoms with Gasteiger partial charge in [-0.15, -0.1) is 11.3 Å². The van der Waals surface area contributed by atoms with E-state index in [0.29, 0.717) is 10.8 Å². The highest BCUT2D eigenvalue weighted by Crippen LogP contribution is 2.25. The first-order chi connectivity index (χ1) is 9.51. The van der Waals surface area contributed by atoms with Crippen LogP contribution >= 0.6 is 23.1 Å². The third kappa shape index (κ3) is 5.73. The van der Waals surface area contributed by atoms with Crippen LogP contribution in [0.3, 0.4) is 0 Å². The zero-order valence-corrected chi connectivity index (χ0v) is 14.8. The quantitative estimate of drug-likeness (QED) is 0.645. The van der Waals surface area contributed by atoms with E-state index in [-0.39, 0.29) is 0 Å². The highest BCUT2D eigenvalue weighted by molar-refractivity contribution is 7.98. The van der Waals surface area contributed by atoms with Gasteiger partial charge in [0.05, 0.1) is 0 Å². The smallest absolute Gasteiger partial charge is 0.250 e. The van der Waals surface area contributed by atoms with Crippen LogP contribution in [0.1, 0.15) is 30.2 Å². The van der Waals surface area contributed by atoms with Gasteiger partial charge < -0.3 is 5.32 Å². The van der Waals surface area contributed by atoms with E-state index in [1.165, 1.54) is 11.3 Å². The van der Waals surface area contributed by atoms with Gasteiger partial charge >= 0.3 is 0 Å². The maximum Gasteiger partial charge on any atom is 0.250 e. The average molecular weight is 337 g/mol. The Bertz CT molecular complexity index is 498. The zero-order valence-electron chi connectivity index (χ0n) is 12.4. The van der Waals surface area contributed by atoms with E-state index in [4.69, 9.17) is 0 Å². The summed E-state index contributed by atoms with van der Waals surface area (Å²) in [6.07, 6.45) is 3.98. The molecule has 20 heavy (non-hydrogen) atoms. The van der Waals surface area contributed by atoms with Crippen molar-refractivity contribution in [1.82, 2.24) is 10.0 Å². The lowest BCUT2D eigenvalue weighted by atomic mass is 10.3. The summed E-state index contributed by atoms with van der Waals surface area (Å²) in [4.78, 5) is 1.09. The average Bonchev–Trinajstić information content (AvgIpc) is 2.78. The largest absolute Gasteiger partial charge is 0.312 e. The number of unbranched alkanes of at least 4 members (excludes halogenated alkanes) is 1. The molecule has 0 aromatic carbocycles. The number of hydrogen-bond donors (Lipinski definition) is 2. The Morgan fingerprint density at radius 3 is 2.75 bits per heavy atom. The van der Waals surface area contributed by atoms with Gasteiger partial charge in [0.15, 0.2) is 0 Å². The summed E-state index contributed by atoms with van der Waals surface area (Å²) < 4.78 is 27.5. The molecule has 0 spiro atoms. The second-order valence-corrected chi connectivity index (χ2v) is 8.67. The number of aryl methyl sites for hydroxylation is 1. The van der Waals surface area contributed by atoms with E-state index in [9.17, 15) is 8.42 Å². The van der Waals surface area contributed by atoms with Crippen molar-refractivity contribution in [3.05, 3.63) is 16.5 Å². The molecule has 0 saturated heterocycles. The van der Waals surface area contributed by atoms with Crippen LogP contribution in [0.4, 0.5) is 0 Å². The van der Waals surface area contributed by atoms with E-state index in [1.54, 1.807) is 17.8 Å². The molecule has 4 nitrogen and oxygen atoms in total. The molecule has 1 aromatic heterocycles. The van der Waals surface area contributed by atoms with Gasteiger partial charge in [0, 0.05) is 18.0 Å².